The maximum absolute atomic E-state index is 12.0. The number of hydrogen-bond donors (Lipinski definition) is 3. The van der Waals surface area contributed by atoms with Crippen LogP contribution in [0.15, 0.2) is 47.4 Å². The smallest absolute Gasteiger partial charge is 0.186 e. The standard InChI is InChI=1S/C19H21NO4S/c1-11(2)19(22)13-5-3-12(4-6-13)17-10-18(21)15-9-14(25(23)24)7-8-16(15)20-17/h3-9,11,17-18,20-21H,10H2,1-2H3,(H,23,24)/t17?,18-/m0/s1. The van der Waals surface area contributed by atoms with Gasteiger partial charge in [0.15, 0.2) is 16.9 Å². The van der Waals surface area contributed by atoms with E-state index >= 15 is 0 Å². The molecule has 0 aliphatic carbocycles. The maximum atomic E-state index is 12.0. The van der Waals surface area contributed by atoms with E-state index in [1.807, 2.05) is 38.1 Å². The number of benzene rings is 2. The van der Waals surface area contributed by atoms with Crippen molar-refractivity contribution >= 4 is 22.6 Å². The zero-order chi connectivity index (χ0) is 18.1. The highest BCUT2D eigenvalue weighted by molar-refractivity contribution is 7.79. The van der Waals surface area contributed by atoms with E-state index in [1.54, 1.807) is 18.2 Å². The number of carbonyl (C=O) groups excluding carboxylic acids is 1. The number of ketones is 1. The van der Waals surface area contributed by atoms with Gasteiger partial charge >= 0.3 is 0 Å². The fraction of sp³-hybridized carbons (Fsp3) is 0.316. The van der Waals surface area contributed by atoms with E-state index in [0.29, 0.717) is 17.5 Å². The molecular formula is C19H21NO4S. The number of anilines is 1. The van der Waals surface area contributed by atoms with Crippen LogP contribution in [0.3, 0.4) is 0 Å². The van der Waals surface area contributed by atoms with Gasteiger partial charge in [0.2, 0.25) is 0 Å². The first-order valence-electron chi connectivity index (χ1n) is 8.20. The molecule has 0 saturated heterocycles. The Labute approximate surface area is 149 Å². The summed E-state index contributed by atoms with van der Waals surface area (Å²) in [5.41, 5.74) is 3.05. The van der Waals surface area contributed by atoms with Crippen molar-refractivity contribution in [3.05, 3.63) is 59.2 Å². The lowest BCUT2D eigenvalue weighted by molar-refractivity contribution is 0.0939. The van der Waals surface area contributed by atoms with Crippen LogP contribution in [-0.2, 0) is 11.1 Å². The van der Waals surface area contributed by atoms with Gasteiger partial charge in [-0.1, -0.05) is 38.1 Å². The van der Waals surface area contributed by atoms with Gasteiger partial charge in [-0.15, -0.1) is 0 Å². The van der Waals surface area contributed by atoms with E-state index in [2.05, 4.69) is 5.32 Å². The summed E-state index contributed by atoms with van der Waals surface area (Å²) in [6.07, 6.45) is -0.270. The Balaban J connectivity index is 1.84. The molecule has 0 radical (unpaired) electrons. The van der Waals surface area contributed by atoms with Crippen LogP contribution >= 0.6 is 0 Å². The summed E-state index contributed by atoms with van der Waals surface area (Å²) in [4.78, 5) is 12.3. The number of rotatable bonds is 4. The summed E-state index contributed by atoms with van der Waals surface area (Å²) in [6.45, 7) is 3.75. The van der Waals surface area contributed by atoms with Crippen LogP contribution in [-0.4, -0.2) is 19.7 Å². The first kappa shape index (κ1) is 17.8. The van der Waals surface area contributed by atoms with Crippen LogP contribution in [0.5, 0.6) is 0 Å². The van der Waals surface area contributed by atoms with Gasteiger partial charge in [-0.25, -0.2) is 4.21 Å². The molecule has 3 atom stereocenters. The average Bonchev–Trinajstić information content (AvgIpc) is 2.60. The van der Waals surface area contributed by atoms with Gasteiger partial charge in [0.1, 0.15) is 0 Å². The van der Waals surface area contributed by atoms with E-state index in [0.717, 1.165) is 11.3 Å². The number of fused-ring (bicyclic) bond motifs is 1. The van der Waals surface area contributed by atoms with E-state index in [4.69, 9.17) is 0 Å². The number of Topliss-reactive ketones (excluding diaryl/α,β-unsaturated/α-hetero) is 1. The van der Waals surface area contributed by atoms with Crippen molar-refractivity contribution in [1.29, 1.82) is 0 Å². The van der Waals surface area contributed by atoms with E-state index in [-0.39, 0.29) is 22.6 Å². The van der Waals surface area contributed by atoms with Crippen molar-refractivity contribution in [2.24, 2.45) is 5.92 Å². The summed E-state index contributed by atoms with van der Waals surface area (Å²) in [5.74, 6) is 0.0664. The van der Waals surface area contributed by atoms with E-state index in [9.17, 15) is 18.7 Å². The average molecular weight is 359 g/mol. The van der Waals surface area contributed by atoms with Gasteiger partial charge < -0.3 is 15.0 Å². The zero-order valence-corrected chi connectivity index (χ0v) is 14.9. The van der Waals surface area contributed by atoms with Crippen LogP contribution < -0.4 is 5.32 Å². The quantitative estimate of drug-likeness (QED) is 0.572. The van der Waals surface area contributed by atoms with Crippen molar-refractivity contribution < 1.29 is 18.7 Å². The molecule has 3 N–H and O–H groups in total. The Morgan fingerprint density at radius 1 is 1.20 bits per heavy atom. The van der Waals surface area contributed by atoms with Crippen LogP contribution in [0.4, 0.5) is 5.69 Å². The highest BCUT2D eigenvalue weighted by Gasteiger charge is 2.27. The molecule has 3 rings (SSSR count). The second kappa shape index (κ2) is 7.07. The molecule has 1 aliphatic heterocycles. The number of carbonyl (C=O) groups is 1. The molecule has 0 aromatic heterocycles. The third-order valence-corrected chi connectivity index (χ3v) is 5.15. The molecule has 1 heterocycles. The van der Waals surface area contributed by atoms with Gasteiger partial charge in [0.05, 0.1) is 17.0 Å². The molecule has 0 saturated carbocycles. The Morgan fingerprint density at radius 2 is 1.88 bits per heavy atom. The molecule has 6 heteroatoms. The van der Waals surface area contributed by atoms with Crippen molar-refractivity contribution in [3.8, 4) is 0 Å². The lowest BCUT2D eigenvalue weighted by Crippen LogP contribution is -2.22. The van der Waals surface area contributed by atoms with Crippen molar-refractivity contribution in [2.75, 3.05) is 5.32 Å². The normalized spacial score (nSPS) is 20.7. The fourth-order valence-corrected chi connectivity index (χ4v) is 3.50. The second-order valence-corrected chi connectivity index (χ2v) is 7.56. The molecule has 5 nitrogen and oxygen atoms in total. The van der Waals surface area contributed by atoms with Crippen LogP contribution in [0.25, 0.3) is 0 Å². The lowest BCUT2D eigenvalue weighted by atomic mass is 9.90. The molecule has 2 unspecified atom stereocenters. The van der Waals surface area contributed by atoms with E-state index in [1.165, 1.54) is 0 Å². The molecule has 0 fully saturated rings. The first-order valence-corrected chi connectivity index (χ1v) is 9.31. The highest BCUT2D eigenvalue weighted by atomic mass is 32.2. The minimum atomic E-state index is -2.07. The predicted octanol–water partition coefficient (Wildman–Crippen LogP) is 3.70. The maximum Gasteiger partial charge on any atom is 0.186 e. The summed E-state index contributed by atoms with van der Waals surface area (Å²) < 4.78 is 20.4. The number of aliphatic hydroxyl groups excluding tert-OH is 1. The molecule has 2 aromatic rings. The minimum absolute atomic E-state index is 0.0429. The highest BCUT2D eigenvalue weighted by Crippen LogP contribution is 2.39. The zero-order valence-electron chi connectivity index (χ0n) is 14.1. The second-order valence-electron chi connectivity index (χ2n) is 6.59. The molecule has 1 aliphatic rings. The third-order valence-electron chi connectivity index (χ3n) is 4.49. The van der Waals surface area contributed by atoms with Crippen LogP contribution in [0.1, 0.15) is 53.9 Å². The van der Waals surface area contributed by atoms with Crippen molar-refractivity contribution in [1.82, 2.24) is 0 Å². The topological polar surface area (TPSA) is 86.6 Å². The summed E-state index contributed by atoms with van der Waals surface area (Å²) in [6, 6.07) is 12.2. The predicted molar refractivity (Wildman–Crippen MR) is 97.0 cm³/mol. The molecule has 0 amide bonds. The molecule has 132 valence electrons. The molecule has 25 heavy (non-hydrogen) atoms. The van der Waals surface area contributed by atoms with Crippen molar-refractivity contribution in [3.63, 3.8) is 0 Å². The van der Waals surface area contributed by atoms with E-state index < -0.39 is 17.2 Å². The van der Waals surface area contributed by atoms with Gasteiger partial charge in [-0.3, -0.25) is 4.79 Å². The van der Waals surface area contributed by atoms with Crippen LogP contribution in [0.2, 0.25) is 0 Å². The van der Waals surface area contributed by atoms with Gasteiger partial charge in [0, 0.05) is 29.2 Å². The molecule has 2 aromatic carbocycles. The first-order chi connectivity index (χ1) is 11.9. The summed E-state index contributed by atoms with van der Waals surface area (Å²) in [7, 11) is 0. The number of aliphatic hydroxyl groups is 1. The van der Waals surface area contributed by atoms with Crippen molar-refractivity contribution in [2.45, 2.75) is 37.3 Å². The molecule has 0 spiro atoms. The largest absolute Gasteiger partial charge is 0.388 e. The van der Waals surface area contributed by atoms with Crippen LogP contribution in [0, 0.1) is 5.92 Å². The SMILES string of the molecule is CC(C)C(=O)c1ccc(C2C[C@H](O)c3cc(S(=O)O)ccc3N2)cc1. The Hall–Kier alpha value is -2.02. The number of hydrogen-bond acceptors (Lipinski definition) is 4. The van der Waals surface area contributed by atoms with Gasteiger partial charge in [-0.05, 0) is 23.8 Å². The van der Waals surface area contributed by atoms with Gasteiger partial charge in [0.25, 0.3) is 0 Å². The summed E-state index contributed by atoms with van der Waals surface area (Å²) >= 11 is -2.07. The third kappa shape index (κ3) is 3.66. The minimum Gasteiger partial charge on any atom is -0.388 e. The molecular weight excluding hydrogens is 338 g/mol. The Kier molecular flexibility index (Phi) is 5.03. The fourth-order valence-electron chi connectivity index (χ4n) is 3.09. The Bertz CT molecular complexity index is 817. The summed E-state index contributed by atoms with van der Waals surface area (Å²) in [5, 5.41) is 13.8. The lowest BCUT2D eigenvalue weighted by Gasteiger charge is -2.31. The number of nitrogens with one attached hydrogen (secondary N) is 1. The van der Waals surface area contributed by atoms with Gasteiger partial charge in [-0.2, -0.15) is 0 Å². The Morgan fingerprint density at radius 3 is 2.48 bits per heavy atom. The monoisotopic (exact) mass is 359 g/mol. The molecule has 0 bridgehead atoms.